The first-order valence-electron chi connectivity index (χ1n) is 8.11. The molecular formula is C19H19N3O4. The van der Waals surface area contributed by atoms with Gasteiger partial charge in [0.25, 0.3) is 5.91 Å². The van der Waals surface area contributed by atoms with Crippen LogP contribution in [0.4, 0.5) is 0 Å². The van der Waals surface area contributed by atoms with Crippen molar-refractivity contribution in [1.29, 1.82) is 0 Å². The van der Waals surface area contributed by atoms with Gasteiger partial charge in [0.2, 0.25) is 5.91 Å². The molecule has 3 aromatic rings. The van der Waals surface area contributed by atoms with E-state index in [4.69, 9.17) is 4.42 Å². The van der Waals surface area contributed by atoms with Gasteiger partial charge in [-0.15, -0.1) is 0 Å². The zero-order valence-electron chi connectivity index (χ0n) is 14.6. The molecule has 0 unspecified atom stereocenters. The number of hydrogen-bond acceptors (Lipinski definition) is 4. The van der Waals surface area contributed by atoms with E-state index < -0.39 is 5.76 Å². The Morgan fingerprint density at radius 1 is 1.08 bits per heavy atom. The number of benzene rings is 2. The lowest BCUT2D eigenvalue weighted by molar-refractivity contribution is -0.121. The van der Waals surface area contributed by atoms with Crippen molar-refractivity contribution in [1.82, 2.24) is 14.8 Å². The molecule has 0 aliphatic heterocycles. The predicted molar refractivity (Wildman–Crippen MR) is 96.8 cm³/mol. The summed E-state index contributed by atoms with van der Waals surface area (Å²) in [4.78, 5) is 37.4. The van der Waals surface area contributed by atoms with E-state index in [0.29, 0.717) is 23.2 Å². The average molecular weight is 353 g/mol. The normalized spacial score (nSPS) is 10.7. The molecular weight excluding hydrogens is 334 g/mol. The van der Waals surface area contributed by atoms with Gasteiger partial charge >= 0.3 is 5.76 Å². The zero-order valence-corrected chi connectivity index (χ0v) is 14.6. The van der Waals surface area contributed by atoms with Gasteiger partial charge in [-0.3, -0.25) is 14.2 Å². The lowest BCUT2D eigenvalue weighted by Gasteiger charge is -2.11. The van der Waals surface area contributed by atoms with Crippen LogP contribution in [0.15, 0.2) is 57.7 Å². The number of carbonyl (C=O) groups excluding carboxylic acids is 2. The second kappa shape index (κ2) is 7.26. The van der Waals surface area contributed by atoms with Crippen molar-refractivity contribution in [3.8, 4) is 0 Å². The molecule has 0 saturated carbocycles. The van der Waals surface area contributed by atoms with E-state index in [1.807, 2.05) is 0 Å². The quantitative estimate of drug-likeness (QED) is 0.755. The van der Waals surface area contributed by atoms with Crippen LogP contribution in [0, 0.1) is 0 Å². The maximum Gasteiger partial charge on any atom is 0.420 e. The highest BCUT2D eigenvalue weighted by Gasteiger charge is 2.12. The summed E-state index contributed by atoms with van der Waals surface area (Å²) in [5.41, 5.74) is 2.48. The lowest BCUT2D eigenvalue weighted by Crippen LogP contribution is -2.30. The van der Waals surface area contributed by atoms with Crippen molar-refractivity contribution in [2.45, 2.75) is 13.1 Å². The number of aromatic nitrogens is 1. The van der Waals surface area contributed by atoms with E-state index in [1.54, 1.807) is 62.6 Å². The molecule has 2 amide bonds. The van der Waals surface area contributed by atoms with Crippen LogP contribution in [0.1, 0.15) is 15.9 Å². The van der Waals surface area contributed by atoms with Crippen molar-refractivity contribution in [2.75, 3.05) is 14.1 Å². The van der Waals surface area contributed by atoms with Crippen LogP contribution < -0.4 is 11.1 Å². The second-order valence-electron chi connectivity index (χ2n) is 6.10. The molecule has 0 atom stereocenters. The highest BCUT2D eigenvalue weighted by molar-refractivity contribution is 5.93. The molecule has 1 N–H and O–H groups in total. The van der Waals surface area contributed by atoms with Crippen LogP contribution in [0.25, 0.3) is 11.1 Å². The topological polar surface area (TPSA) is 84.5 Å². The van der Waals surface area contributed by atoms with Gasteiger partial charge in [-0.05, 0) is 29.8 Å². The lowest BCUT2D eigenvalue weighted by atomic mass is 10.1. The second-order valence-corrected chi connectivity index (χ2v) is 6.10. The van der Waals surface area contributed by atoms with Crippen molar-refractivity contribution in [2.24, 2.45) is 0 Å². The Balaban J connectivity index is 1.63. The zero-order chi connectivity index (χ0) is 18.7. The third-order valence-corrected chi connectivity index (χ3v) is 3.97. The number of amides is 2. The molecule has 0 spiro atoms. The minimum Gasteiger partial charge on any atom is -0.408 e. The molecule has 0 aliphatic carbocycles. The van der Waals surface area contributed by atoms with E-state index in [2.05, 4.69) is 5.32 Å². The van der Waals surface area contributed by atoms with Gasteiger partial charge in [-0.2, -0.15) is 0 Å². The number of para-hydroxylation sites is 2. The summed E-state index contributed by atoms with van der Waals surface area (Å²) in [7, 11) is 3.38. The molecule has 7 heteroatoms. The summed E-state index contributed by atoms with van der Waals surface area (Å²) in [6, 6.07) is 14.0. The first kappa shape index (κ1) is 17.5. The van der Waals surface area contributed by atoms with Crippen molar-refractivity contribution >= 4 is 22.9 Å². The molecule has 0 saturated heterocycles. The van der Waals surface area contributed by atoms with E-state index >= 15 is 0 Å². The Bertz CT molecular complexity index is 1000. The van der Waals surface area contributed by atoms with E-state index in [1.165, 1.54) is 9.47 Å². The number of carbonyl (C=O) groups is 2. The number of nitrogens with one attached hydrogen (secondary N) is 1. The van der Waals surface area contributed by atoms with E-state index in [0.717, 1.165) is 5.56 Å². The summed E-state index contributed by atoms with van der Waals surface area (Å²) in [6.07, 6.45) is 0. The number of fused-ring (bicyclic) bond motifs is 1. The summed E-state index contributed by atoms with van der Waals surface area (Å²) < 4.78 is 6.40. The fourth-order valence-corrected chi connectivity index (χ4v) is 2.59. The van der Waals surface area contributed by atoms with Crippen LogP contribution in [0.2, 0.25) is 0 Å². The standard InChI is InChI=1S/C19H19N3O4/c1-21(2)18(24)14-9-7-13(8-10-14)11-20-17(23)12-22-15-5-3-4-6-16(15)26-19(22)25/h3-10H,11-12H2,1-2H3,(H,20,23). The van der Waals surface area contributed by atoms with E-state index in [-0.39, 0.29) is 18.4 Å². The smallest absolute Gasteiger partial charge is 0.408 e. The molecule has 26 heavy (non-hydrogen) atoms. The van der Waals surface area contributed by atoms with Gasteiger partial charge in [0, 0.05) is 26.2 Å². The first-order chi connectivity index (χ1) is 12.5. The highest BCUT2D eigenvalue weighted by atomic mass is 16.4. The molecule has 134 valence electrons. The molecule has 3 rings (SSSR count). The number of oxazole rings is 1. The molecule has 0 bridgehead atoms. The van der Waals surface area contributed by atoms with Crippen molar-refractivity contribution in [3.05, 3.63) is 70.2 Å². The first-order valence-corrected chi connectivity index (χ1v) is 8.11. The van der Waals surface area contributed by atoms with Crippen LogP contribution >= 0.6 is 0 Å². The van der Waals surface area contributed by atoms with Crippen LogP contribution in [0.5, 0.6) is 0 Å². The minimum atomic E-state index is -0.562. The highest BCUT2D eigenvalue weighted by Crippen LogP contribution is 2.11. The monoisotopic (exact) mass is 353 g/mol. The van der Waals surface area contributed by atoms with Gasteiger partial charge in [-0.25, -0.2) is 4.79 Å². The van der Waals surface area contributed by atoms with Crippen LogP contribution in [-0.4, -0.2) is 35.4 Å². The minimum absolute atomic E-state index is 0.0770. The predicted octanol–water partition coefficient (Wildman–Crippen LogP) is 1.61. The molecule has 2 aromatic carbocycles. The fraction of sp³-hybridized carbons (Fsp3) is 0.211. The largest absolute Gasteiger partial charge is 0.420 e. The Morgan fingerprint density at radius 2 is 1.77 bits per heavy atom. The summed E-state index contributed by atoms with van der Waals surface area (Å²) in [5.74, 6) is -0.938. The Kier molecular flexibility index (Phi) is 4.88. The SMILES string of the molecule is CN(C)C(=O)c1ccc(CNC(=O)Cn2c(=O)oc3ccccc32)cc1. The summed E-state index contributed by atoms with van der Waals surface area (Å²) in [5, 5.41) is 2.76. The molecule has 0 aliphatic rings. The van der Waals surface area contributed by atoms with Gasteiger partial charge in [0.1, 0.15) is 6.54 Å². The van der Waals surface area contributed by atoms with Gasteiger partial charge < -0.3 is 14.6 Å². The summed E-state index contributed by atoms with van der Waals surface area (Å²) in [6.45, 7) is 0.187. The van der Waals surface area contributed by atoms with Gasteiger partial charge in [0.15, 0.2) is 5.58 Å². The molecule has 1 aromatic heterocycles. The number of nitrogens with zero attached hydrogens (tertiary/aromatic N) is 2. The average Bonchev–Trinajstić information content (AvgIpc) is 2.95. The fourth-order valence-electron chi connectivity index (χ4n) is 2.59. The maximum absolute atomic E-state index is 12.2. The van der Waals surface area contributed by atoms with Crippen LogP contribution in [0.3, 0.4) is 0 Å². The number of hydrogen-bond donors (Lipinski definition) is 1. The van der Waals surface area contributed by atoms with Crippen molar-refractivity contribution in [3.63, 3.8) is 0 Å². The Hall–Kier alpha value is -3.35. The third kappa shape index (κ3) is 3.66. The summed E-state index contributed by atoms with van der Waals surface area (Å²) >= 11 is 0. The number of rotatable bonds is 5. The molecule has 1 heterocycles. The van der Waals surface area contributed by atoms with Crippen molar-refractivity contribution < 1.29 is 14.0 Å². The third-order valence-electron chi connectivity index (χ3n) is 3.97. The van der Waals surface area contributed by atoms with E-state index in [9.17, 15) is 14.4 Å². The Morgan fingerprint density at radius 3 is 2.46 bits per heavy atom. The molecule has 0 radical (unpaired) electrons. The maximum atomic E-state index is 12.2. The van der Waals surface area contributed by atoms with Gasteiger partial charge in [0.05, 0.1) is 5.52 Å². The van der Waals surface area contributed by atoms with Gasteiger partial charge in [-0.1, -0.05) is 24.3 Å². The Labute approximate surface area is 149 Å². The molecule has 0 fully saturated rings. The van der Waals surface area contributed by atoms with Crippen LogP contribution in [-0.2, 0) is 17.9 Å². The molecule has 7 nitrogen and oxygen atoms in total.